The monoisotopic (exact) mass is 274 g/mol. The zero-order valence-electron chi connectivity index (χ0n) is 9.13. The van der Waals surface area contributed by atoms with Gasteiger partial charge in [0, 0.05) is 15.9 Å². The molecule has 0 saturated heterocycles. The van der Waals surface area contributed by atoms with Gasteiger partial charge in [0.1, 0.15) is 5.01 Å². The van der Waals surface area contributed by atoms with Crippen molar-refractivity contribution < 1.29 is 0 Å². The second-order valence-electron chi connectivity index (χ2n) is 3.68. The van der Waals surface area contributed by atoms with E-state index >= 15 is 0 Å². The Labute approximate surface area is 112 Å². The molecule has 0 aliphatic heterocycles. The molecule has 0 saturated carbocycles. The first-order valence-corrected chi connectivity index (χ1v) is 6.45. The second kappa shape index (κ2) is 4.48. The Hall–Kier alpha value is -1.78. The molecule has 3 aromatic rings. The first-order valence-electron chi connectivity index (χ1n) is 5.26. The van der Waals surface area contributed by atoms with Gasteiger partial charge in [-0.05, 0) is 30.3 Å². The van der Waals surface area contributed by atoms with Crippen LogP contribution in [0.25, 0.3) is 20.8 Å². The van der Waals surface area contributed by atoms with E-state index in [0.717, 1.165) is 4.70 Å². The molecule has 88 valence electrons. The van der Waals surface area contributed by atoms with Crippen molar-refractivity contribution in [1.29, 1.82) is 0 Å². The third-order valence-electron chi connectivity index (χ3n) is 2.47. The summed E-state index contributed by atoms with van der Waals surface area (Å²) < 4.78 is 0.861. The minimum absolute atomic E-state index is 0.271. The molecule has 0 radical (unpaired) electrons. The maximum absolute atomic E-state index is 11.9. The lowest BCUT2D eigenvalue weighted by Gasteiger charge is -2.00. The average molecular weight is 275 g/mol. The van der Waals surface area contributed by atoms with E-state index in [1.165, 1.54) is 11.3 Å². The van der Waals surface area contributed by atoms with Crippen LogP contribution in [0.2, 0.25) is 5.02 Å². The van der Waals surface area contributed by atoms with E-state index in [-0.39, 0.29) is 5.56 Å². The van der Waals surface area contributed by atoms with Gasteiger partial charge in [0.05, 0.1) is 11.1 Å². The van der Waals surface area contributed by atoms with Crippen LogP contribution in [0, 0.1) is 0 Å². The Kier molecular flexibility index (Phi) is 2.81. The number of fused-ring (bicyclic) bond motifs is 1. The third-order valence-corrected chi connectivity index (χ3v) is 3.77. The van der Waals surface area contributed by atoms with Crippen LogP contribution in [0.3, 0.4) is 0 Å². The highest BCUT2D eigenvalue weighted by molar-refractivity contribution is 7.21. The molecule has 2 heterocycles. The van der Waals surface area contributed by atoms with E-state index < -0.39 is 0 Å². The number of nitrogens with zero attached hydrogens (tertiary/aromatic N) is 2. The molecular formula is C13H7ClN2OS. The molecule has 0 amide bonds. The van der Waals surface area contributed by atoms with Gasteiger partial charge in [0.15, 0.2) is 0 Å². The number of benzene rings is 1. The van der Waals surface area contributed by atoms with Crippen LogP contribution >= 0.6 is 22.9 Å². The summed E-state index contributed by atoms with van der Waals surface area (Å²) in [4.78, 5) is 20.2. The number of rotatable bonds is 1. The SMILES string of the molecule is O=c1nc(-c2ccccn2)sc2ccc(Cl)cc12. The summed E-state index contributed by atoms with van der Waals surface area (Å²) in [5.41, 5.74) is 0.434. The van der Waals surface area contributed by atoms with E-state index in [0.29, 0.717) is 21.1 Å². The van der Waals surface area contributed by atoms with E-state index in [2.05, 4.69) is 9.97 Å². The van der Waals surface area contributed by atoms with Crippen LogP contribution in [0.15, 0.2) is 47.4 Å². The number of pyridine rings is 1. The smallest absolute Gasteiger partial charge is 0.267 e. The lowest BCUT2D eigenvalue weighted by atomic mass is 10.3. The number of halogens is 1. The molecule has 0 fully saturated rings. The van der Waals surface area contributed by atoms with Crippen LogP contribution in [0.1, 0.15) is 0 Å². The van der Waals surface area contributed by atoms with Gasteiger partial charge in [-0.15, -0.1) is 11.3 Å². The molecule has 3 rings (SSSR count). The van der Waals surface area contributed by atoms with Crippen LogP contribution in [0.4, 0.5) is 0 Å². The van der Waals surface area contributed by atoms with E-state index in [1.807, 2.05) is 24.3 Å². The lowest BCUT2D eigenvalue weighted by molar-refractivity contribution is 1.25. The van der Waals surface area contributed by atoms with Crippen molar-refractivity contribution in [2.24, 2.45) is 0 Å². The molecule has 0 N–H and O–H groups in total. The highest BCUT2D eigenvalue weighted by Gasteiger charge is 2.07. The average Bonchev–Trinajstić information content (AvgIpc) is 2.40. The first kappa shape index (κ1) is 11.3. The molecule has 2 aromatic heterocycles. The highest BCUT2D eigenvalue weighted by atomic mass is 35.5. The zero-order chi connectivity index (χ0) is 12.5. The summed E-state index contributed by atoms with van der Waals surface area (Å²) in [5.74, 6) is 0. The Bertz CT molecular complexity index is 771. The molecule has 1 aromatic carbocycles. The zero-order valence-corrected chi connectivity index (χ0v) is 10.7. The number of hydrogen-bond donors (Lipinski definition) is 0. The Morgan fingerprint density at radius 3 is 2.83 bits per heavy atom. The maximum Gasteiger partial charge on any atom is 0.279 e. The third kappa shape index (κ3) is 2.00. The largest absolute Gasteiger partial charge is 0.279 e. The molecule has 0 bridgehead atoms. The van der Waals surface area contributed by atoms with Crippen LogP contribution in [-0.2, 0) is 0 Å². The van der Waals surface area contributed by atoms with Gasteiger partial charge in [0.25, 0.3) is 5.56 Å². The van der Waals surface area contributed by atoms with Crippen LogP contribution < -0.4 is 5.56 Å². The summed E-state index contributed by atoms with van der Waals surface area (Å²) in [6, 6.07) is 10.8. The predicted molar refractivity (Wildman–Crippen MR) is 74.1 cm³/mol. The quantitative estimate of drug-likeness (QED) is 0.683. The van der Waals surface area contributed by atoms with E-state index in [9.17, 15) is 4.79 Å². The topological polar surface area (TPSA) is 42.9 Å². The summed E-state index contributed by atoms with van der Waals surface area (Å²) in [6.07, 6.45) is 1.68. The molecular weight excluding hydrogens is 268 g/mol. The van der Waals surface area contributed by atoms with Crippen LogP contribution in [0.5, 0.6) is 0 Å². The molecule has 3 nitrogen and oxygen atoms in total. The van der Waals surface area contributed by atoms with E-state index in [1.54, 1.807) is 18.3 Å². The molecule has 0 spiro atoms. The maximum atomic E-state index is 11.9. The molecule has 0 aliphatic carbocycles. The van der Waals surface area contributed by atoms with Gasteiger partial charge in [-0.2, -0.15) is 4.98 Å². The first-order chi connectivity index (χ1) is 8.74. The Morgan fingerprint density at radius 2 is 2.06 bits per heavy atom. The predicted octanol–water partition coefficient (Wildman–Crippen LogP) is 3.37. The van der Waals surface area contributed by atoms with E-state index in [4.69, 9.17) is 11.6 Å². The molecule has 0 atom stereocenters. The van der Waals surface area contributed by atoms with Crippen molar-refractivity contribution in [3.63, 3.8) is 0 Å². The Balaban J connectivity index is 2.29. The van der Waals surface area contributed by atoms with Crippen molar-refractivity contribution in [2.45, 2.75) is 0 Å². The summed E-state index contributed by atoms with van der Waals surface area (Å²) in [6.45, 7) is 0. The molecule has 5 heteroatoms. The van der Waals surface area contributed by atoms with Gasteiger partial charge in [0.2, 0.25) is 0 Å². The van der Waals surface area contributed by atoms with Gasteiger partial charge < -0.3 is 0 Å². The van der Waals surface area contributed by atoms with Crippen molar-refractivity contribution >= 4 is 33.0 Å². The van der Waals surface area contributed by atoms with Crippen molar-refractivity contribution in [3.8, 4) is 10.7 Å². The van der Waals surface area contributed by atoms with Gasteiger partial charge in [-0.3, -0.25) is 9.78 Å². The second-order valence-corrected chi connectivity index (χ2v) is 5.15. The molecule has 0 unspecified atom stereocenters. The van der Waals surface area contributed by atoms with Crippen molar-refractivity contribution in [3.05, 3.63) is 58.0 Å². The summed E-state index contributed by atoms with van der Waals surface area (Å²) in [5, 5.41) is 1.71. The normalized spacial score (nSPS) is 10.7. The fourth-order valence-electron chi connectivity index (χ4n) is 1.64. The summed E-state index contributed by atoms with van der Waals surface area (Å²) >= 11 is 7.30. The molecule has 18 heavy (non-hydrogen) atoms. The number of hydrogen-bond acceptors (Lipinski definition) is 4. The minimum Gasteiger partial charge on any atom is -0.267 e. The minimum atomic E-state index is -0.271. The van der Waals surface area contributed by atoms with Crippen molar-refractivity contribution in [1.82, 2.24) is 9.97 Å². The molecule has 0 aliphatic rings. The van der Waals surface area contributed by atoms with Gasteiger partial charge in [-0.25, -0.2) is 0 Å². The Morgan fingerprint density at radius 1 is 1.17 bits per heavy atom. The fraction of sp³-hybridized carbons (Fsp3) is 0. The highest BCUT2D eigenvalue weighted by Crippen LogP contribution is 2.25. The van der Waals surface area contributed by atoms with Gasteiger partial charge in [-0.1, -0.05) is 17.7 Å². The summed E-state index contributed by atoms with van der Waals surface area (Å²) in [7, 11) is 0. The van der Waals surface area contributed by atoms with Crippen LogP contribution in [-0.4, -0.2) is 9.97 Å². The van der Waals surface area contributed by atoms with Gasteiger partial charge >= 0.3 is 0 Å². The standard InChI is InChI=1S/C13H7ClN2OS/c14-8-4-5-11-9(7-8)12(17)16-13(18-11)10-3-1-2-6-15-10/h1-7H. The van der Waals surface area contributed by atoms with Crippen molar-refractivity contribution in [2.75, 3.05) is 0 Å². The fourth-order valence-corrected chi connectivity index (χ4v) is 2.76. The number of aromatic nitrogens is 2. The lowest BCUT2D eigenvalue weighted by Crippen LogP contribution is -2.06.